The Labute approximate surface area is 135 Å². The van der Waals surface area contributed by atoms with E-state index in [1.165, 1.54) is 50.5 Å². The number of rotatable bonds is 13. The van der Waals surface area contributed by atoms with Crippen LogP contribution in [0.2, 0.25) is 0 Å². The molecule has 22 heavy (non-hydrogen) atoms. The quantitative estimate of drug-likeness (QED) is 0.171. The van der Waals surface area contributed by atoms with Crippen molar-refractivity contribution in [3.8, 4) is 0 Å². The second-order valence-corrected chi connectivity index (χ2v) is 5.72. The first kappa shape index (κ1) is 18.4. The molecule has 0 bridgehead atoms. The second kappa shape index (κ2) is 14.3. The number of aromatic nitrogens is 1. The van der Waals surface area contributed by atoms with Crippen LogP contribution in [-0.2, 0) is 6.42 Å². The van der Waals surface area contributed by atoms with Crippen LogP contribution in [0.15, 0.2) is 41.8 Å². The van der Waals surface area contributed by atoms with E-state index >= 15 is 0 Å². The van der Waals surface area contributed by atoms with Gasteiger partial charge >= 0.3 is 0 Å². The molecular weight excluding hydrogens is 272 g/mol. The molecule has 122 valence electrons. The lowest BCUT2D eigenvalue weighted by atomic mass is 10.1. The summed E-state index contributed by atoms with van der Waals surface area (Å²) in [5, 5.41) is 11.3. The van der Waals surface area contributed by atoms with Crippen LogP contribution >= 0.6 is 0 Å². The third-order valence-electron chi connectivity index (χ3n) is 3.77. The van der Waals surface area contributed by atoms with Crippen LogP contribution in [0, 0.1) is 0 Å². The van der Waals surface area contributed by atoms with Crippen molar-refractivity contribution in [2.75, 3.05) is 0 Å². The zero-order chi connectivity index (χ0) is 15.7. The van der Waals surface area contributed by atoms with E-state index in [0.717, 1.165) is 25.7 Å². The van der Waals surface area contributed by atoms with Crippen molar-refractivity contribution in [2.24, 2.45) is 5.16 Å². The van der Waals surface area contributed by atoms with E-state index in [1.807, 2.05) is 18.5 Å². The summed E-state index contributed by atoms with van der Waals surface area (Å²) >= 11 is 0. The van der Waals surface area contributed by atoms with Crippen LogP contribution in [0.5, 0.6) is 0 Å². The maximum Gasteiger partial charge on any atom is 0.0435 e. The Balaban J connectivity index is 1.82. The van der Waals surface area contributed by atoms with Gasteiger partial charge in [0.25, 0.3) is 0 Å². The standard InChI is InChI=1S/C19H30N2O/c22-21-17-12-10-8-6-4-2-1-3-5-7-9-11-14-19-15-13-16-20-18-19/h7,9,13,15-18,22H,1-6,8,10-12,14H2. The predicted molar refractivity (Wildman–Crippen MR) is 93.5 cm³/mol. The SMILES string of the molecule is ON=CCCCCCCCCCC=CCCc1cccnc1. The van der Waals surface area contributed by atoms with E-state index in [-0.39, 0.29) is 0 Å². The molecule has 1 heterocycles. The van der Waals surface area contributed by atoms with Crippen molar-refractivity contribution in [2.45, 2.75) is 70.6 Å². The maximum absolute atomic E-state index is 8.26. The Hall–Kier alpha value is -1.64. The summed E-state index contributed by atoms with van der Waals surface area (Å²) in [6, 6.07) is 4.14. The van der Waals surface area contributed by atoms with Gasteiger partial charge in [0.1, 0.15) is 0 Å². The van der Waals surface area contributed by atoms with Crippen molar-refractivity contribution >= 4 is 6.21 Å². The van der Waals surface area contributed by atoms with E-state index < -0.39 is 0 Å². The molecular formula is C19H30N2O. The molecule has 0 aliphatic heterocycles. The van der Waals surface area contributed by atoms with Crippen LogP contribution < -0.4 is 0 Å². The lowest BCUT2D eigenvalue weighted by Crippen LogP contribution is -1.84. The summed E-state index contributed by atoms with van der Waals surface area (Å²) in [6.07, 6.45) is 23.3. The topological polar surface area (TPSA) is 45.5 Å². The molecule has 0 spiro atoms. The highest BCUT2D eigenvalue weighted by molar-refractivity contribution is 5.55. The number of hydrogen-bond donors (Lipinski definition) is 1. The van der Waals surface area contributed by atoms with Gasteiger partial charge in [0.15, 0.2) is 0 Å². The zero-order valence-corrected chi connectivity index (χ0v) is 13.7. The minimum Gasteiger partial charge on any atom is -0.411 e. The van der Waals surface area contributed by atoms with Crippen molar-refractivity contribution < 1.29 is 5.21 Å². The number of pyridine rings is 1. The van der Waals surface area contributed by atoms with E-state index in [0.29, 0.717) is 0 Å². The van der Waals surface area contributed by atoms with Gasteiger partial charge in [-0.1, -0.05) is 50.3 Å². The molecule has 0 aromatic carbocycles. The molecule has 0 radical (unpaired) electrons. The Morgan fingerprint density at radius 1 is 0.909 bits per heavy atom. The van der Waals surface area contributed by atoms with Crippen molar-refractivity contribution in [1.29, 1.82) is 0 Å². The summed E-state index contributed by atoms with van der Waals surface area (Å²) < 4.78 is 0. The number of unbranched alkanes of at least 4 members (excludes halogenated alkanes) is 8. The molecule has 0 amide bonds. The Morgan fingerprint density at radius 3 is 2.27 bits per heavy atom. The lowest BCUT2D eigenvalue weighted by Gasteiger charge is -2.00. The average molecular weight is 302 g/mol. The molecule has 0 fully saturated rings. The minimum absolute atomic E-state index is 0.903. The Kier molecular flexibility index (Phi) is 12.0. The number of oxime groups is 1. The molecule has 0 unspecified atom stereocenters. The van der Waals surface area contributed by atoms with Crippen molar-refractivity contribution in [3.63, 3.8) is 0 Å². The highest BCUT2D eigenvalue weighted by Crippen LogP contribution is 2.10. The molecule has 0 saturated carbocycles. The fourth-order valence-electron chi connectivity index (χ4n) is 2.47. The summed E-state index contributed by atoms with van der Waals surface area (Å²) in [5.74, 6) is 0. The summed E-state index contributed by atoms with van der Waals surface area (Å²) in [4.78, 5) is 4.13. The summed E-state index contributed by atoms with van der Waals surface area (Å²) in [5.41, 5.74) is 1.32. The van der Waals surface area contributed by atoms with Gasteiger partial charge in [-0.25, -0.2) is 0 Å². The van der Waals surface area contributed by atoms with E-state index in [2.05, 4.69) is 28.4 Å². The zero-order valence-electron chi connectivity index (χ0n) is 13.7. The Bertz CT molecular complexity index is 401. The molecule has 1 N–H and O–H groups in total. The normalized spacial score (nSPS) is 11.6. The van der Waals surface area contributed by atoms with Crippen LogP contribution in [0.1, 0.15) is 69.8 Å². The molecule has 0 aliphatic rings. The molecule has 1 aromatic heterocycles. The predicted octanol–water partition coefficient (Wildman–Crippen LogP) is 5.54. The number of allylic oxidation sites excluding steroid dienone is 2. The average Bonchev–Trinajstić information content (AvgIpc) is 2.56. The summed E-state index contributed by atoms with van der Waals surface area (Å²) in [7, 11) is 0. The third kappa shape index (κ3) is 11.1. The second-order valence-electron chi connectivity index (χ2n) is 5.72. The minimum atomic E-state index is 0.903. The maximum atomic E-state index is 8.26. The van der Waals surface area contributed by atoms with Gasteiger partial charge < -0.3 is 5.21 Å². The number of hydrogen-bond acceptors (Lipinski definition) is 3. The first-order valence-electron chi connectivity index (χ1n) is 8.63. The number of aryl methyl sites for hydroxylation is 1. The van der Waals surface area contributed by atoms with E-state index in [1.54, 1.807) is 6.21 Å². The molecule has 3 heteroatoms. The van der Waals surface area contributed by atoms with Crippen LogP contribution in [0.3, 0.4) is 0 Å². The first-order valence-corrected chi connectivity index (χ1v) is 8.63. The third-order valence-corrected chi connectivity index (χ3v) is 3.77. The van der Waals surface area contributed by atoms with Gasteiger partial charge in [0.2, 0.25) is 0 Å². The largest absolute Gasteiger partial charge is 0.411 e. The van der Waals surface area contributed by atoms with E-state index in [9.17, 15) is 0 Å². The molecule has 0 saturated heterocycles. The van der Waals surface area contributed by atoms with Crippen LogP contribution in [0.25, 0.3) is 0 Å². The number of nitrogens with zero attached hydrogens (tertiary/aromatic N) is 2. The first-order chi connectivity index (χ1) is 10.9. The Morgan fingerprint density at radius 2 is 1.59 bits per heavy atom. The van der Waals surface area contributed by atoms with Crippen LogP contribution in [-0.4, -0.2) is 16.4 Å². The van der Waals surface area contributed by atoms with Crippen molar-refractivity contribution in [1.82, 2.24) is 4.98 Å². The van der Waals surface area contributed by atoms with Crippen LogP contribution in [0.4, 0.5) is 0 Å². The molecule has 3 nitrogen and oxygen atoms in total. The highest BCUT2D eigenvalue weighted by atomic mass is 16.4. The monoisotopic (exact) mass is 302 g/mol. The fourth-order valence-corrected chi connectivity index (χ4v) is 2.47. The van der Waals surface area contributed by atoms with Gasteiger partial charge in [-0.05, 0) is 50.2 Å². The molecule has 0 aliphatic carbocycles. The van der Waals surface area contributed by atoms with Gasteiger partial charge in [-0.2, -0.15) is 0 Å². The molecule has 1 aromatic rings. The lowest BCUT2D eigenvalue weighted by molar-refractivity contribution is 0.320. The van der Waals surface area contributed by atoms with Gasteiger partial charge in [-0.3, -0.25) is 4.98 Å². The van der Waals surface area contributed by atoms with Crippen molar-refractivity contribution in [3.05, 3.63) is 42.2 Å². The van der Waals surface area contributed by atoms with Gasteiger partial charge in [0, 0.05) is 18.6 Å². The highest BCUT2D eigenvalue weighted by Gasteiger charge is 1.92. The smallest absolute Gasteiger partial charge is 0.0435 e. The molecule has 1 rings (SSSR count). The molecule has 0 atom stereocenters. The summed E-state index contributed by atoms with van der Waals surface area (Å²) in [6.45, 7) is 0. The van der Waals surface area contributed by atoms with Gasteiger partial charge in [-0.15, -0.1) is 5.16 Å². The fraction of sp³-hybridized carbons (Fsp3) is 0.579. The van der Waals surface area contributed by atoms with E-state index in [4.69, 9.17) is 5.21 Å². The van der Waals surface area contributed by atoms with Gasteiger partial charge in [0.05, 0.1) is 0 Å².